The van der Waals surface area contributed by atoms with Crippen LogP contribution < -0.4 is 11.1 Å². The molecule has 2 aromatic rings. The number of nitrogens with one attached hydrogen (secondary N) is 1. The zero-order valence-corrected chi connectivity index (χ0v) is 19.4. The van der Waals surface area contributed by atoms with E-state index in [0.717, 1.165) is 36.5 Å². The first-order valence-corrected chi connectivity index (χ1v) is 11.4. The number of alkyl halides is 3. The first kappa shape index (κ1) is 23.9. The van der Waals surface area contributed by atoms with Crippen molar-refractivity contribution in [1.82, 2.24) is 23.5 Å². The van der Waals surface area contributed by atoms with Crippen LogP contribution in [0.25, 0.3) is 0 Å². The lowest BCUT2D eigenvalue weighted by molar-refractivity contribution is -0.137. The first-order valence-electron chi connectivity index (χ1n) is 10.3. The molecule has 0 unspecified atom stereocenters. The Balaban J connectivity index is 1.42. The molecule has 4 rings (SSSR count). The van der Waals surface area contributed by atoms with Gasteiger partial charge in [0.15, 0.2) is 0 Å². The standard InChI is InChI=1S/C20H23ClF3N7OS/c1-12(32)29-2-4-30(5-3-29)33-31-10-16-17(11-31)27-19(21)28-18(16)26-9-13-6-14(20(22,23)24)8-15(25)7-13/h6-8H,2-5,9-11,25H2,1H3,(H,26,27,28). The van der Waals surface area contributed by atoms with E-state index in [2.05, 4.69) is 23.9 Å². The van der Waals surface area contributed by atoms with Gasteiger partial charge in [-0.15, -0.1) is 0 Å². The molecule has 178 valence electrons. The highest BCUT2D eigenvalue weighted by atomic mass is 35.5. The monoisotopic (exact) mass is 501 g/mol. The van der Waals surface area contributed by atoms with Gasteiger partial charge in [-0.1, -0.05) is 0 Å². The molecule has 8 nitrogen and oxygen atoms in total. The molecule has 3 N–H and O–H groups in total. The number of nitrogens with two attached hydrogens (primary N) is 1. The summed E-state index contributed by atoms with van der Waals surface area (Å²) in [6, 6.07) is 3.47. The van der Waals surface area contributed by atoms with Crippen LogP contribution in [0.15, 0.2) is 18.2 Å². The summed E-state index contributed by atoms with van der Waals surface area (Å²) in [6.07, 6.45) is -4.47. The highest BCUT2D eigenvalue weighted by molar-refractivity contribution is 7.94. The molecule has 0 aliphatic carbocycles. The maximum atomic E-state index is 13.1. The molecule has 1 saturated heterocycles. The second-order valence-corrected chi connectivity index (χ2v) is 9.43. The fourth-order valence-corrected chi connectivity index (χ4v) is 5.02. The summed E-state index contributed by atoms with van der Waals surface area (Å²) in [4.78, 5) is 21.9. The first-order chi connectivity index (χ1) is 15.6. The number of fused-ring (bicyclic) bond motifs is 1. The molecule has 0 bridgehead atoms. The van der Waals surface area contributed by atoms with E-state index in [1.54, 1.807) is 19.1 Å². The number of amides is 1. The number of halogens is 4. The fraction of sp³-hybridized carbons (Fsp3) is 0.450. The van der Waals surface area contributed by atoms with Gasteiger partial charge in [0, 0.05) is 69.6 Å². The van der Waals surface area contributed by atoms with Crippen molar-refractivity contribution in [2.75, 3.05) is 37.2 Å². The number of hydrogen-bond acceptors (Lipinski definition) is 8. The van der Waals surface area contributed by atoms with E-state index in [9.17, 15) is 18.0 Å². The summed E-state index contributed by atoms with van der Waals surface area (Å²) in [5, 5.41) is 3.17. The molecule has 0 spiro atoms. The molecular weight excluding hydrogens is 479 g/mol. The van der Waals surface area contributed by atoms with E-state index < -0.39 is 11.7 Å². The van der Waals surface area contributed by atoms with Crippen LogP contribution in [-0.2, 0) is 30.6 Å². The van der Waals surface area contributed by atoms with Gasteiger partial charge in [0.2, 0.25) is 11.2 Å². The minimum atomic E-state index is -4.47. The topological polar surface area (TPSA) is 90.6 Å². The van der Waals surface area contributed by atoms with Crippen LogP contribution in [0.4, 0.5) is 24.7 Å². The molecule has 0 atom stereocenters. The Kier molecular flexibility index (Phi) is 6.89. The SMILES string of the molecule is CC(=O)N1CCN(SN2Cc3nc(Cl)nc(NCc4cc(N)cc(C(F)(F)F)c4)c3C2)CC1. The molecule has 2 aliphatic rings. The smallest absolute Gasteiger partial charge is 0.399 e. The number of rotatable bonds is 5. The second-order valence-electron chi connectivity index (χ2n) is 7.90. The summed E-state index contributed by atoms with van der Waals surface area (Å²) in [6.45, 7) is 5.66. The van der Waals surface area contributed by atoms with E-state index in [-0.39, 0.29) is 23.4 Å². The van der Waals surface area contributed by atoms with Crippen molar-refractivity contribution in [1.29, 1.82) is 0 Å². The quantitative estimate of drug-likeness (QED) is 0.366. The number of aromatic nitrogens is 2. The fourth-order valence-electron chi connectivity index (χ4n) is 3.82. The third-order valence-electron chi connectivity index (χ3n) is 5.44. The average molecular weight is 502 g/mol. The summed E-state index contributed by atoms with van der Waals surface area (Å²) < 4.78 is 43.6. The Morgan fingerprint density at radius 3 is 2.55 bits per heavy atom. The summed E-state index contributed by atoms with van der Waals surface area (Å²) in [7, 11) is 0. The third kappa shape index (κ3) is 5.81. The van der Waals surface area contributed by atoms with Crippen LogP contribution in [0.5, 0.6) is 0 Å². The van der Waals surface area contributed by atoms with Gasteiger partial charge in [0.1, 0.15) is 5.82 Å². The molecule has 1 aromatic carbocycles. The molecular formula is C20H23ClF3N7OS. The van der Waals surface area contributed by atoms with Crippen LogP contribution in [0.2, 0.25) is 5.28 Å². The molecule has 2 aliphatic heterocycles. The Bertz CT molecular complexity index is 1050. The van der Waals surface area contributed by atoms with Crippen LogP contribution in [0, 0.1) is 0 Å². The van der Waals surface area contributed by atoms with Crippen molar-refractivity contribution in [2.45, 2.75) is 32.7 Å². The van der Waals surface area contributed by atoms with Crippen molar-refractivity contribution in [3.8, 4) is 0 Å². The number of hydrogen-bond donors (Lipinski definition) is 2. The number of nitrogen functional groups attached to an aromatic ring is 1. The lowest BCUT2D eigenvalue weighted by Gasteiger charge is -2.34. The number of benzene rings is 1. The molecule has 1 aromatic heterocycles. The largest absolute Gasteiger partial charge is 0.416 e. The Morgan fingerprint density at radius 1 is 1.15 bits per heavy atom. The van der Waals surface area contributed by atoms with E-state index >= 15 is 0 Å². The normalized spacial score (nSPS) is 17.3. The number of nitrogens with zero attached hydrogens (tertiary/aromatic N) is 5. The molecule has 1 amide bonds. The van der Waals surface area contributed by atoms with Gasteiger partial charge in [0.05, 0.1) is 17.8 Å². The minimum Gasteiger partial charge on any atom is -0.399 e. The zero-order valence-electron chi connectivity index (χ0n) is 17.8. The maximum Gasteiger partial charge on any atom is 0.416 e. The van der Waals surface area contributed by atoms with Crippen molar-refractivity contribution < 1.29 is 18.0 Å². The van der Waals surface area contributed by atoms with Gasteiger partial charge in [-0.2, -0.15) is 13.2 Å². The molecule has 13 heteroatoms. The minimum absolute atomic E-state index is 0.0417. The zero-order chi connectivity index (χ0) is 23.8. The number of piperazine rings is 1. The van der Waals surface area contributed by atoms with Crippen LogP contribution in [0.3, 0.4) is 0 Å². The Hall–Kier alpha value is -2.28. The van der Waals surface area contributed by atoms with Crippen molar-refractivity contribution in [3.05, 3.63) is 45.9 Å². The van der Waals surface area contributed by atoms with E-state index in [4.69, 9.17) is 17.3 Å². The Morgan fingerprint density at radius 2 is 1.88 bits per heavy atom. The summed E-state index contributed by atoms with van der Waals surface area (Å²) in [5.74, 6) is 0.571. The Labute approximate surface area is 198 Å². The van der Waals surface area contributed by atoms with Crippen molar-refractivity contribution in [2.24, 2.45) is 0 Å². The predicted octanol–water partition coefficient (Wildman–Crippen LogP) is 3.39. The summed E-state index contributed by atoms with van der Waals surface area (Å²) in [5.41, 5.74) is 6.93. The maximum absolute atomic E-state index is 13.1. The number of anilines is 2. The van der Waals surface area contributed by atoms with Crippen molar-refractivity contribution in [3.63, 3.8) is 0 Å². The van der Waals surface area contributed by atoms with Crippen molar-refractivity contribution >= 4 is 41.1 Å². The lowest BCUT2D eigenvalue weighted by atomic mass is 10.1. The van der Waals surface area contributed by atoms with Crippen LogP contribution >= 0.6 is 23.7 Å². The van der Waals surface area contributed by atoms with Gasteiger partial charge in [-0.3, -0.25) is 4.79 Å². The van der Waals surface area contributed by atoms with Crippen LogP contribution in [0.1, 0.15) is 29.3 Å². The number of carbonyl (C=O) groups is 1. The molecule has 0 saturated carbocycles. The molecule has 0 radical (unpaired) electrons. The molecule has 33 heavy (non-hydrogen) atoms. The lowest BCUT2D eigenvalue weighted by Crippen LogP contribution is -2.46. The van der Waals surface area contributed by atoms with E-state index in [1.807, 2.05) is 4.90 Å². The number of carbonyl (C=O) groups excluding carboxylic acids is 1. The second kappa shape index (κ2) is 9.53. The van der Waals surface area contributed by atoms with Gasteiger partial charge in [-0.25, -0.2) is 18.6 Å². The molecule has 3 heterocycles. The molecule has 1 fully saturated rings. The van der Waals surface area contributed by atoms with Gasteiger partial charge < -0.3 is 16.0 Å². The third-order valence-corrected chi connectivity index (χ3v) is 6.70. The predicted molar refractivity (Wildman–Crippen MR) is 121 cm³/mol. The summed E-state index contributed by atoms with van der Waals surface area (Å²) >= 11 is 7.68. The van der Waals surface area contributed by atoms with Gasteiger partial charge >= 0.3 is 6.18 Å². The van der Waals surface area contributed by atoms with E-state index in [0.29, 0.717) is 37.6 Å². The highest BCUT2D eigenvalue weighted by Crippen LogP contribution is 2.35. The van der Waals surface area contributed by atoms with E-state index in [1.165, 1.54) is 6.07 Å². The van der Waals surface area contributed by atoms with Gasteiger partial charge in [-0.05, 0) is 35.4 Å². The highest BCUT2D eigenvalue weighted by Gasteiger charge is 2.31. The average Bonchev–Trinajstić information content (AvgIpc) is 3.13. The van der Waals surface area contributed by atoms with Crippen LogP contribution in [-0.4, -0.2) is 55.6 Å². The van der Waals surface area contributed by atoms with Gasteiger partial charge in [0.25, 0.3) is 0 Å².